The quantitative estimate of drug-likeness (QED) is 0.439. The molecule has 0 saturated heterocycles. The van der Waals surface area contributed by atoms with Crippen molar-refractivity contribution in [1.29, 1.82) is 0 Å². The summed E-state index contributed by atoms with van der Waals surface area (Å²) in [7, 11) is 1.83. The summed E-state index contributed by atoms with van der Waals surface area (Å²) in [6, 6.07) is 3.72. The van der Waals surface area contributed by atoms with E-state index in [1.165, 1.54) is 29.4 Å². The molecule has 2 N–H and O–H groups in total. The third-order valence-electron chi connectivity index (χ3n) is 2.97. The molecule has 0 unspecified atom stereocenters. The Balaban J connectivity index is 1.75. The zero-order valence-corrected chi connectivity index (χ0v) is 12.9. The zero-order chi connectivity index (χ0) is 14.8. The van der Waals surface area contributed by atoms with E-state index in [4.69, 9.17) is 5.73 Å². The minimum atomic E-state index is 0.0837. The molecular formula is C13H13N5OS2. The second kappa shape index (κ2) is 5.92. The molecule has 0 atom stereocenters. The van der Waals surface area contributed by atoms with Crippen LogP contribution in [0.15, 0.2) is 29.7 Å². The van der Waals surface area contributed by atoms with Crippen LogP contribution in [0.4, 0.5) is 0 Å². The van der Waals surface area contributed by atoms with Gasteiger partial charge < -0.3 is 5.73 Å². The first-order valence-corrected chi connectivity index (χ1v) is 8.06. The molecule has 108 valence electrons. The average Bonchev–Trinajstić information content (AvgIpc) is 3.12. The van der Waals surface area contributed by atoms with E-state index in [0.717, 1.165) is 25.8 Å². The molecule has 0 bridgehead atoms. The molecular weight excluding hydrogens is 306 g/mol. The number of aromatic nitrogens is 4. The van der Waals surface area contributed by atoms with Gasteiger partial charge >= 0.3 is 0 Å². The van der Waals surface area contributed by atoms with Crippen molar-refractivity contribution in [3.05, 3.63) is 34.4 Å². The lowest BCUT2D eigenvalue weighted by atomic mass is 10.3. The fourth-order valence-electron chi connectivity index (χ4n) is 1.90. The number of nitrogens with two attached hydrogens (primary N) is 1. The highest BCUT2D eigenvalue weighted by molar-refractivity contribution is 8.00. The van der Waals surface area contributed by atoms with Crippen molar-refractivity contribution < 1.29 is 4.79 Å². The lowest BCUT2D eigenvalue weighted by Crippen LogP contribution is -2.00. The van der Waals surface area contributed by atoms with Crippen LogP contribution in [0.25, 0.3) is 11.0 Å². The number of hydrogen-bond donors (Lipinski definition) is 1. The number of Topliss-reactive ketones (excluding diaryl/α,β-unsaturated/α-hetero) is 1. The lowest BCUT2D eigenvalue weighted by molar-refractivity contribution is 0.102. The standard InChI is InChI=1S/C13H13N5OS2/c1-18-12-9(5-17-18)13(16-7-15-12)20-6-10(19)11-3-2-8(4-14)21-11/h2-3,5,7H,4,6,14H2,1H3. The van der Waals surface area contributed by atoms with Crippen LogP contribution < -0.4 is 5.73 Å². The minimum absolute atomic E-state index is 0.0837. The van der Waals surface area contributed by atoms with E-state index in [9.17, 15) is 4.79 Å². The Kier molecular flexibility index (Phi) is 4.00. The Labute approximate surface area is 129 Å². The van der Waals surface area contributed by atoms with Crippen LogP contribution in [-0.2, 0) is 13.6 Å². The van der Waals surface area contributed by atoms with E-state index in [0.29, 0.717) is 12.3 Å². The van der Waals surface area contributed by atoms with Gasteiger partial charge in [0.15, 0.2) is 11.4 Å². The molecule has 6 nitrogen and oxygen atoms in total. The predicted molar refractivity (Wildman–Crippen MR) is 83.6 cm³/mol. The van der Waals surface area contributed by atoms with Crippen molar-refractivity contribution >= 4 is 39.9 Å². The largest absolute Gasteiger partial charge is 0.326 e. The fraction of sp³-hybridized carbons (Fsp3) is 0.231. The summed E-state index contributed by atoms with van der Waals surface area (Å²) in [5, 5.41) is 5.80. The molecule has 21 heavy (non-hydrogen) atoms. The van der Waals surface area contributed by atoms with Gasteiger partial charge in [0.25, 0.3) is 0 Å². The zero-order valence-electron chi connectivity index (χ0n) is 11.3. The van der Waals surface area contributed by atoms with Gasteiger partial charge in [-0.25, -0.2) is 9.97 Å². The van der Waals surface area contributed by atoms with Crippen molar-refractivity contribution in [2.75, 3.05) is 5.75 Å². The smallest absolute Gasteiger partial charge is 0.183 e. The number of carbonyl (C=O) groups is 1. The Morgan fingerprint density at radius 2 is 2.29 bits per heavy atom. The molecule has 8 heteroatoms. The first kappa shape index (κ1) is 14.2. The molecule has 0 saturated carbocycles. The van der Waals surface area contributed by atoms with Crippen molar-refractivity contribution in [2.45, 2.75) is 11.6 Å². The summed E-state index contributed by atoms with van der Waals surface area (Å²) in [5.74, 6) is 0.422. The molecule has 3 aromatic rings. The Morgan fingerprint density at radius 3 is 3.05 bits per heavy atom. The van der Waals surface area contributed by atoms with Gasteiger partial charge in [-0.05, 0) is 12.1 Å². The highest BCUT2D eigenvalue weighted by atomic mass is 32.2. The molecule has 0 amide bonds. The number of thiophene rings is 1. The molecule has 3 heterocycles. The van der Waals surface area contributed by atoms with Crippen LogP contribution in [0.5, 0.6) is 0 Å². The van der Waals surface area contributed by atoms with Gasteiger partial charge in [0.05, 0.1) is 22.2 Å². The van der Waals surface area contributed by atoms with Crippen molar-refractivity contribution in [3.8, 4) is 0 Å². The maximum atomic E-state index is 12.2. The topological polar surface area (TPSA) is 86.7 Å². The number of hydrogen-bond acceptors (Lipinski definition) is 7. The van der Waals surface area contributed by atoms with Crippen LogP contribution in [-0.4, -0.2) is 31.3 Å². The third-order valence-corrected chi connectivity index (χ3v) is 5.12. The maximum Gasteiger partial charge on any atom is 0.183 e. The number of nitrogens with zero attached hydrogens (tertiary/aromatic N) is 4. The Bertz CT molecular complexity index is 795. The molecule has 0 aromatic carbocycles. The summed E-state index contributed by atoms with van der Waals surface area (Å²) in [5.41, 5.74) is 6.33. The van der Waals surface area contributed by atoms with Gasteiger partial charge in [0, 0.05) is 18.5 Å². The van der Waals surface area contributed by atoms with Gasteiger partial charge in [-0.3, -0.25) is 9.48 Å². The van der Waals surface area contributed by atoms with E-state index in [2.05, 4.69) is 15.1 Å². The molecule has 3 aromatic heterocycles. The monoisotopic (exact) mass is 319 g/mol. The van der Waals surface area contributed by atoms with E-state index >= 15 is 0 Å². The van der Waals surface area contributed by atoms with E-state index in [-0.39, 0.29) is 5.78 Å². The number of ketones is 1. The first-order valence-electron chi connectivity index (χ1n) is 6.26. The van der Waals surface area contributed by atoms with Crippen molar-refractivity contribution in [2.24, 2.45) is 12.8 Å². The Hall–Kier alpha value is -1.77. The molecule has 0 fully saturated rings. The molecule has 0 spiro atoms. The van der Waals surface area contributed by atoms with Gasteiger partial charge in [-0.2, -0.15) is 5.10 Å². The fourth-order valence-corrected chi connectivity index (χ4v) is 3.66. The molecule has 3 rings (SSSR count). The molecule has 0 aliphatic heterocycles. The predicted octanol–water partition coefficient (Wildman–Crippen LogP) is 1.86. The summed E-state index contributed by atoms with van der Waals surface area (Å²) in [4.78, 5) is 22.3. The third kappa shape index (κ3) is 2.82. The van der Waals surface area contributed by atoms with Gasteiger partial charge in [-0.1, -0.05) is 11.8 Å². The second-order valence-corrected chi connectivity index (χ2v) is 6.50. The van der Waals surface area contributed by atoms with Gasteiger partial charge in [0.1, 0.15) is 11.4 Å². The number of thioether (sulfide) groups is 1. The first-order chi connectivity index (χ1) is 10.2. The molecule has 0 aliphatic rings. The molecule has 0 aliphatic carbocycles. The van der Waals surface area contributed by atoms with Crippen LogP contribution in [0.1, 0.15) is 14.5 Å². The number of aryl methyl sites for hydroxylation is 1. The summed E-state index contributed by atoms with van der Waals surface area (Å²) >= 11 is 2.85. The van der Waals surface area contributed by atoms with Crippen LogP contribution >= 0.6 is 23.1 Å². The molecule has 0 radical (unpaired) electrons. The van der Waals surface area contributed by atoms with E-state index < -0.39 is 0 Å². The van der Waals surface area contributed by atoms with Crippen molar-refractivity contribution in [3.63, 3.8) is 0 Å². The SMILES string of the molecule is Cn1ncc2c(SCC(=O)c3ccc(CN)s3)ncnc21. The van der Waals surface area contributed by atoms with Gasteiger partial charge in [-0.15, -0.1) is 11.3 Å². The van der Waals surface area contributed by atoms with Crippen LogP contribution in [0.2, 0.25) is 0 Å². The lowest BCUT2D eigenvalue weighted by Gasteiger charge is -2.00. The number of rotatable bonds is 5. The van der Waals surface area contributed by atoms with Crippen LogP contribution in [0, 0.1) is 0 Å². The van der Waals surface area contributed by atoms with Crippen molar-refractivity contribution in [1.82, 2.24) is 19.7 Å². The highest BCUT2D eigenvalue weighted by Gasteiger charge is 2.13. The minimum Gasteiger partial charge on any atom is -0.326 e. The Morgan fingerprint density at radius 1 is 1.43 bits per heavy atom. The summed E-state index contributed by atoms with van der Waals surface area (Å²) in [6.07, 6.45) is 3.22. The van der Waals surface area contributed by atoms with Gasteiger partial charge in [0.2, 0.25) is 0 Å². The second-order valence-electron chi connectivity index (χ2n) is 4.37. The number of carbonyl (C=O) groups excluding carboxylic acids is 1. The summed E-state index contributed by atoms with van der Waals surface area (Å²) < 4.78 is 1.69. The normalized spacial score (nSPS) is 11.1. The van der Waals surface area contributed by atoms with E-state index in [1.807, 2.05) is 19.2 Å². The van der Waals surface area contributed by atoms with Crippen LogP contribution in [0.3, 0.4) is 0 Å². The summed E-state index contributed by atoms with van der Waals surface area (Å²) in [6.45, 7) is 0.466. The number of fused-ring (bicyclic) bond motifs is 1. The van der Waals surface area contributed by atoms with E-state index in [1.54, 1.807) is 10.9 Å². The maximum absolute atomic E-state index is 12.2. The average molecular weight is 319 g/mol. The highest BCUT2D eigenvalue weighted by Crippen LogP contribution is 2.25.